The molecule has 0 aliphatic heterocycles. The van der Waals surface area contributed by atoms with Crippen LogP contribution in [0.5, 0.6) is 0 Å². The third kappa shape index (κ3) is 2.30. The maximum atomic E-state index is 11.3. The number of ketones is 1. The summed E-state index contributed by atoms with van der Waals surface area (Å²) in [5.74, 6) is 6.07. The molecule has 0 amide bonds. The molecule has 2 nitrogen and oxygen atoms in total. The van der Waals surface area contributed by atoms with Crippen LogP contribution in [0.2, 0.25) is 0 Å². The second-order valence-electron chi connectivity index (χ2n) is 4.27. The Morgan fingerprint density at radius 3 is 2.76 bits per heavy atom. The molecule has 0 fully saturated rings. The molecule has 0 heterocycles. The van der Waals surface area contributed by atoms with E-state index in [0.29, 0.717) is 5.56 Å². The summed E-state index contributed by atoms with van der Waals surface area (Å²) in [6.07, 6.45) is 3.80. The van der Waals surface area contributed by atoms with Crippen molar-refractivity contribution in [3.05, 3.63) is 34.2 Å². The van der Waals surface area contributed by atoms with Crippen LogP contribution in [0.4, 0.5) is 0 Å². The minimum absolute atomic E-state index is 0.0629. The normalized spacial score (nSPS) is 21.1. The number of methoxy groups -OCH3 is 1. The lowest BCUT2D eigenvalue weighted by molar-refractivity contribution is 0.101. The maximum absolute atomic E-state index is 11.3. The maximum Gasteiger partial charge on any atom is 0.159 e. The fourth-order valence-corrected chi connectivity index (χ4v) is 1.75. The third-order valence-corrected chi connectivity index (χ3v) is 2.90. The first-order chi connectivity index (χ1) is 8.04. The number of hydrogen-bond donors (Lipinski definition) is 0. The summed E-state index contributed by atoms with van der Waals surface area (Å²) in [6, 6.07) is 5.62. The van der Waals surface area contributed by atoms with E-state index < -0.39 is 5.60 Å². The summed E-state index contributed by atoms with van der Waals surface area (Å²) in [5, 5.41) is 1.99. The number of fused-ring (bicyclic) bond motifs is 1. The van der Waals surface area contributed by atoms with Crippen molar-refractivity contribution >= 4 is 17.9 Å². The first kappa shape index (κ1) is 11.6. The second-order valence-corrected chi connectivity index (χ2v) is 4.27. The lowest BCUT2D eigenvalue weighted by atomic mass is 10.0. The molecule has 17 heavy (non-hydrogen) atoms. The summed E-state index contributed by atoms with van der Waals surface area (Å²) in [5.41, 5.74) is 0.135. The first-order valence-electron chi connectivity index (χ1n) is 5.46. The van der Waals surface area contributed by atoms with Gasteiger partial charge in [0.25, 0.3) is 0 Å². The van der Waals surface area contributed by atoms with Gasteiger partial charge in [0.2, 0.25) is 0 Å². The molecule has 1 aliphatic rings. The molecule has 2 heteroatoms. The molecule has 1 unspecified atom stereocenters. The zero-order valence-electron chi connectivity index (χ0n) is 10.2. The first-order valence-corrected chi connectivity index (χ1v) is 5.46. The van der Waals surface area contributed by atoms with Gasteiger partial charge in [-0.1, -0.05) is 24.0 Å². The third-order valence-electron chi connectivity index (χ3n) is 2.90. The lowest BCUT2D eigenvalue weighted by Crippen LogP contribution is -2.31. The topological polar surface area (TPSA) is 26.3 Å². The van der Waals surface area contributed by atoms with E-state index in [1.165, 1.54) is 0 Å². The highest BCUT2D eigenvalue weighted by Crippen LogP contribution is 2.09. The molecule has 1 aliphatic carbocycles. The number of rotatable bonds is 2. The highest BCUT2D eigenvalue weighted by molar-refractivity contribution is 5.94. The van der Waals surface area contributed by atoms with Gasteiger partial charge in [-0.15, -0.1) is 0 Å². The average molecular weight is 226 g/mol. The molecule has 0 bridgehead atoms. The van der Waals surface area contributed by atoms with E-state index in [2.05, 4.69) is 11.8 Å². The summed E-state index contributed by atoms with van der Waals surface area (Å²) < 4.78 is 5.38. The Labute approximate surface area is 101 Å². The van der Waals surface area contributed by atoms with Gasteiger partial charge < -0.3 is 4.74 Å². The largest absolute Gasteiger partial charge is 0.362 e. The molecule has 0 spiro atoms. The van der Waals surface area contributed by atoms with Crippen molar-refractivity contribution in [1.82, 2.24) is 0 Å². The van der Waals surface area contributed by atoms with E-state index in [9.17, 15) is 4.79 Å². The van der Waals surface area contributed by atoms with Gasteiger partial charge in [0.15, 0.2) is 5.78 Å². The van der Waals surface area contributed by atoms with E-state index in [-0.39, 0.29) is 5.78 Å². The molecule has 0 radical (unpaired) electrons. The van der Waals surface area contributed by atoms with Crippen LogP contribution in [-0.4, -0.2) is 18.5 Å². The van der Waals surface area contributed by atoms with Gasteiger partial charge >= 0.3 is 0 Å². The Balaban J connectivity index is 2.68. The molecule has 0 saturated heterocycles. The van der Waals surface area contributed by atoms with Crippen LogP contribution in [0.1, 0.15) is 24.2 Å². The Bertz CT molecular complexity index is 644. The minimum Gasteiger partial charge on any atom is -0.362 e. The van der Waals surface area contributed by atoms with Crippen LogP contribution in [0, 0.1) is 11.8 Å². The highest BCUT2D eigenvalue weighted by Gasteiger charge is 2.17. The number of benzene rings is 1. The smallest absolute Gasteiger partial charge is 0.159 e. The quantitative estimate of drug-likeness (QED) is 0.552. The SMILES string of the molecule is COC1(C)C#CC=c2cc(C(C)=O)ccc2=C1. The van der Waals surface area contributed by atoms with Crippen molar-refractivity contribution in [3.8, 4) is 11.8 Å². The van der Waals surface area contributed by atoms with Crippen LogP contribution in [0.15, 0.2) is 18.2 Å². The second kappa shape index (κ2) is 4.20. The van der Waals surface area contributed by atoms with Crippen LogP contribution in [0.3, 0.4) is 0 Å². The van der Waals surface area contributed by atoms with Crippen LogP contribution in [-0.2, 0) is 4.74 Å². The fourth-order valence-electron chi connectivity index (χ4n) is 1.75. The van der Waals surface area contributed by atoms with Crippen molar-refractivity contribution in [2.45, 2.75) is 19.4 Å². The molecule has 0 saturated carbocycles. The van der Waals surface area contributed by atoms with Gasteiger partial charge in [0.05, 0.1) is 0 Å². The van der Waals surface area contributed by atoms with E-state index in [1.807, 2.05) is 37.3 Å². The van der Waals surface area contributed by atoms with Gasteiger partial charge in [0, 0.05) is 12.7 Å². The van der Waals surface area contributed by atoms with Crippen molar-refractivity contribution in [2.24, 2.45) is 0 Å². The number of Topliss-reactive ketones (excluding diaryl/α,β-unsaturated/α-hetero) is 1. The van der Waals surface area contributed by atoms with Gasteiger partial charge in [-0.2, -0.15) is 0 Å². The summed E-state index contributed by atoms with van der Waals surface area (Å²) >= 11 is 0. The standard InChI is InChI=1S/C15H14O2/c1-11(16)12-6-7-14-10-15(2,17-3)8-4-5-13(14)9-12/h5-7,9-10H,1-3H3. The van der Waals surface area contributed by atoms with Crippen LogP contribution < -0.4 is 10.4 Å². The molecule has 1 aromatic rings. The molecule has 86 valence electrons. The predicted molar refractivity (Wildman–Crippen MR) is 67.8 cm³/mol. The van der Waals surface area contributed by atoms with Crippen molar-refractivity contribution in [3.63, 3.8) is 0 Å². The number of carbonyl (C=O) groups is 1. The van der Waals surface area contributed by atoms with Crippen LogP contribution >= 0.6 is 0 Å². The van der Waals surface area contributed by atoms with Crippen molar-refractivity contribution in [1.29, 1.82) is 0 Å². The number of hydrogen-bond acceptors (Lipinski definition) is 2. The molecule has 2 rings (SSSR count). The van der Waals surface area contributed by atoms with Gasteiger partial charge in [-0.25, -0.2) is 0 Å². The van der Waals surface area contributed by atoms with Crippen molar-refractivity contribution < 1.29 is 9.53 Å². The zero-order chi connectivity index (χ0) is 12.5. The average Bonchev–Trinajstić information content (AvgIpc) is 2.47. The molecule has 0 aromatic heterocycles. The zero-order valence-corrected chi connectivity index (χ0v) is 10.2. The summed E-state index contributed by atoms with van der Waals surface area (Å²) in [6.45, 7) is 3.48. The van der Waals surface area contributed by atoms with Gasteiger partial charge in [-0.3, -0.25) is 4.79 Å². The monoisotopic (exact) mass is 226 g/mol. The highest BCUT2D eigenvalue weighted by atomic mass is 16.5. The summed E-state index contributed by atoms with van der Waals surface area (Å²) in [7, 11) is 1.64. The van der Waals surface area contributed by atoms with E-state index in [1.54, 1.807) is 14.0 Å². The van der Waals surface area contributed by atoms with Crippen molar-refractivity contribution in [2.75, 3.05) is 7.11 Å². The van der Waals surface area contributed by atoms with Crippen LogP contribution in [0.25, 0.3) is 12.2 Å². The molecular formula is C15H14O2. The Hall–Kier alpha value is -1.85. The van der Waals surface area contributed by atoms with Gasteiger partial charge in [-0.05, 0) is 42.5 Å². The molecule has 0 N–H and O–H groups in total. The number of carbonyl (C=O) groups excluding carboxylic acids is 1. The van der Waals surface area contributed by atoms with E-state index in [0.717, 1.165) is 10.4 Å². The summed E-state index contributed by atoms with van der Waals surface area (Å²) in [4.78, 5) is 11.3. The Morgan fingerprint density at radius 2 is 2.12 bits per heavy atom. The molecular weight excluding hydrogens is 212 g/mol. The fraction of sp³-hybridized carbons (Fsp3) is 0.267. The number of ether oxygens (including phenoxy) is 1. The molecule has 1 atom stereocenters. The van der Waals surface area contributed by atoms with E-state index >= 15 is 0 Å². The Kier molecular flexibility index (Phi) is 2.87. The van der Waals surface area contributed by atoms with Gasteiger partial charge in [0.1, 0.15) is 5.60 Å². The van der Waals surface area contributed by atoms with E-state index in [4.69, 9.17) is 4.74 Å². The molecule has 1 aromatic carbocycles. The predicted octanol–water partition coefficient (Wildman–Crippen LogP) is 0.872. The Morgan fingerprint density at radius 1 is 1.35 bits per heavy atom. The lowest BCUT2D eigenvalue weighted by Gasteiger charge is -2.16. The minimum atomic E-state index is -0.570.